The first kappa shape index (κ1) is 23.3. The van der Waals surface area contributed by atoms with Crippen molar-refractivity contribution >= 4 is 10.0 Å². The van der Waals surface area contributed by atoms with E-state index < -0.39 is 32.1 Å². The van der Waals surface area contributed by atoms with Crippen LogP contribution in [-0.4, -0.2) is 44.7 Å². The van der Waals surface area contributed by atoms with E-state index in [2.05, 4.69) is 10.2 Å². The van der Waals surface area contributed by atoms with E-state index in [1.54, 1.807) is 12.1 Å². The molecule has 4 rings (SSSR count). The highest BCUT2D eigenvalue weighted by molar-refractivity contribution is 7.89. The maximum atomic E-state index is 13.3. The van der Waals surface area contributed by atoms with Gasteiger partial charge in [-0.2, -0.15) is 9.40 Å². The van der Waals surface area contributed by atoms with Crippen LogP contribution in [0.4, 0.5) is 0 Å². The van der Waals surface area contributed by atoms with Crippen LogP contribution in [0.15, 0.2) is 70.4 Å². The van der Waals surface area contributed by atoms with Crippen LogP contribution in [0.1, 0.15) is 16.7 Å². The zero-order valence-electron chi connectivity index (χ0n) is 18.8. The maximum Gasteiger partial charge on any atom is 0.348 e. The van der Waals surface area contributed by atoms with Crippen molar-refractivity contribution in [3.63, 3.8) is 0 Å². The Morgan fingerprint density at radius 1 is 1.00 bits per heavy atom. The van der Waals surface area contributed by atoms with Gasteiger partial charge < -0.3 is 10.2 Å². The second kappa shape index (κ2) is 8.81. The Hall–Kier alpha value is -3.89. The van der Waals surface area contributed by atoms with Crippen molar-refractivity contribution in [2.75, 3.05) is 7.05 Å². The summed E-state index contributed by atoms with van der Waals surface area (Å²) in [6, 6.07) is 16.6. The average Bonchev–Trinajstić information content (AvgIpc) is 3.15. The zero-order valence-corrected chi connectivity index (χ0v) is 19.7. The molecule has 0 spiro atoms. The number of benzene rings is 3. The molecule has 0 unspecified atom stereocenters. The molecule has 1 aromatic heterocycles. The number of hydrogen-bond acceptors (Lipinski definition) is 6. The van der Waals surface area contributed by atoms with Gasteiger partial charge in [-0.15, -0.1) is 0 Å². The van der Waals surface area contributed by atoms with Gasteiger partial charge in [-0.3, -0.25) is 0 Å². The summed E-state index contributed by atoms with van der Waals surface area (Å²) in [6.07, 6.45) is 0. The highest BCUT2D eigenvalue weighted by atomic mass is 32.2. The molecule has 3 N–H and O–H groups in total. The average molecular weight is 481 g/mol. The van der Waals surface area contributed by atoms with Crippen molar-refractivity contribution in [3.8, 4) is 28.6 Å². The summed E-state index contributed by atoms with van der Waals surface area (Å²) in [5.74, 6) is -1.03. The zero-order chi connectivity index (χ0) is 24.6. The van der Waals surface area contributed by atoms with Crippen molar-refractivity contribution in [2.45, 2.75) is 25.3 Å². The van der Waals surface area contributed by atoms with Crippen molar-refractivity contribution in [3.05, 3.63) is 87.8 Å². The van der Waals surface area contributed by atoms with Gasteiger partial charge in [0.05, 0.1) is 11.3 Å². The van der Waals surface area contributed by atoms with E-state index in [1.807, 2.05) is 50.2 Å². The normalized spacial score (nSPS) is 11.8. The number of hydrogen-bond donors (Lipinski definition) is 3. The molecule has 0 aliphatic rings. The van der Waals surface area contributed by atoms with Crippen LogP contribution >= 0.6 is 0 Å². The van der Waals surface area contributed by atoms with E-state index in [0.29, 0.717) is 5.69 Å². The summed E-state index contributed by atoms with van der Waals surface area (Å²) >= 11 is 0. The van der Waals surface area contributed by atoms with Crippen molar-refractivity contribution in [1.29, 1.82) is 0 Å². The third kappa shape index (κ3) is 4.20. The SMILES string of the molecule is Cc1cccc(CN(C)S(=O)(=O)c2cc(-c3n[nH]c(=O)n3-c3ccccc3C)c(O)cc2O)c1. The number of aromatic amines is 1. The molecule has 0 amide bonds. The quantitative estimate of drug-likeness (QED) is 0.389. The smallest absolute Gasteiger partial charge is 0.348 e. The first-order valence-electron chi connectivity index (χ1n) is 10.4. The van der Waals surface area contributed by atoms with E-state index in [4.69, 9.17) is 0 Å². The topological polar surface area (TPSA) is 129 Å². The van der Waals surface area contributed by atoms with Gasteiger partial charge >= 0.3 is 5.69 Å². The predicted molar refractivity (Wildman–Crippen MR) is 128 cm³/mol. The lowest BCUT2D eigenvalue weighted by atomic mass is 10.1. The number of aryl methyl sites for hydroxylation is 2. The fourth-order valence-electron chi connectivity index (χ4n) is 3.78. The minimum atomic E-state index is -4.16. The van der Waals surface area contributed by atoms with Crippen LogP contribution < -0.4 is 5.69 Å². The lowest BCUT2D eigenvalue weighted by Gasteiger charge is -2.19. The van der Waals surface area contributed by atoms with Crippen molar-refractivity contribution < 1.29 is 18.6 Å². The summed E-state index contributed by atoms with van der Waals surface area (Å²) < 4.78 is 29.0. The van der Waals surface area contributed by atoms with Gasteiger partial charge in [-0.05, 0) is 37.1 Å². The molecular weight excluding hydrogens is 456 g/mol. The molecule has 3 aromatic carbocycles. The molecule has 1 heterocycles. The highest BCUT2D eigenvalue weighted by Gasteiger charge is 2.28. The molecular formula is C24H24N4O5S. The summed E-state index contributed by atoms with van der Waals surface area (Å²) in [6.45, 7) is 3.80. The summed E-state index contributed by atoms with van der Waals surface area (Å²) in [4.78, 5) is 12.1. The molecule has 0 aliphatic carbocycles. The molecule has 10 heteroatoms. The molecule has 0 aliphatic heterocycles. The standard InChI is InChI=1S/C24H24N4O5S/c1-15-7-6-9-17(11-15)14-27(3)34(32,33)22-12-18(20(29)13-21(22)30)23-25-26-24(31)28(23)19-10-5-4-8-16(19)2/h4-13,29-30H,14H2,1-3H3,(H,26,31). The first-order chi connectivity index (χ1) is 16.1. The van der Waals surface area contributed by atoms with Crippen molar-refractivity contribution in [2.24, 2.45) is 0 Å². The predicted octanol–water partition coefficient (Wildman–Crippen LogP) is 3.08. The Balaban J connectivity index is 1.82. The number of nitrogens with one attached hydrogen (secondary N) is 1. The molecule has 0 saturated heterocycles. The van der Waals surface area contributed by atoms with E-state index in [1.165, 1.54) is 11.6 Å². The lowest BCUT2D eigenvalue weighted by molar-refractivity contribution is 0.430. The Morgan fingerprint density at radius 3 is 2.44 bits per heavy atom. The third-order valence-corrected chi connectivity index (χ3v) is 7.36. The first-order valence-corrected chi connectivity index (χ1v) is 11.8. The number of phenolic OH excluding ortho intramolecular Hbond substituents is 2. The molecule has 4 aromatic rings. The van der Waals surface area contributed by atoms with Gasteiger partial charge in [0.15, 0.2) is 5.82 Å². The monoisotopic (exact) mass is 480 g/mol. The molecule has 0 fully saturated rings. The molecule has 0 radical (unpaired) electrons. The van der Waals surface area contributed by atoms with Crippen LogP contribution in [0.5, 0.6) is 11.5 Å². The Labute approximate surface area is 196 Å². The number of para-hydroxylation sites is 1. The fourth-order valence-corrected chi connectivity index (χ4v) is 5.02. The number of rotatable bonds is 6. The van der Waals surface area contributed by atoms with E-state index in [9.17, 15) is 23.4 Å². The van der Waals surface area contributed by atoms with Gasteiger partial charge in [0, 0.05) is 19.7 Å². The van der Waals surface area contributed by atoms with Crippen molar-refractivity contribution in [1.82, 2.24) is 19.1 Å². The van der Waals surface area contributed by atoms with Gasteiger partial charge in [0.25, 0.3) is 0 Å². The molecule has 9 nitrogen and oxygen atoms in total. The number of H-pyrrole nitrogens is 1. The summed E-state index contributed by atoms with van der Waals surface area (Å²) in [5, 5.41) is 27.3. The largest absolute Gasteiger partial charge is 0.507 e. The van der Waals surface area contributed by atoms with Gasteiger partial charge in [0.2, 0.25) is 10.0 Å². The van der Waals surface area contributed by atoms with Crippen LogP contribution in [0.3, 0.4) is 0 Å². The van der Waals surface area contributed by atoms with E-state index >= 15 is 0 Å². The van der Waals surface area contributed by atoms with E-state index in [-0.39, 0.29) is 17.9 Å². The van der Waals surface area contributed by atoms with Gasteiger partial charge in [-0.1, -0.05) is 48.0 Å². The van der Waals surface area contributed by atoms with Crippen LogP contribution in [0.25, 0.3) is 17.1 Å². The third-order valence-electron chi connectivity index (χ3n) is 5.52. The number of sulfonamides is 1. The maximum absolute atomic E-state index is 13.3. The second-order valence-corrected chi connectivity index (χ2v) is 10.1. The Morgan fingerprint density at radius 2 is 1.74 bits per heavy atom. The minimum absolute atomic E-state index is 0.00888. The number of aromatic nitrogens is 3. The number of nitrogens with zero attached hydrogens (tertiary/aromatic N) is 3. The van der Waals surface area contributed by atoms with E-state index in [0.717, 1.165) is 33.1 Å². The number of aromatic hydroxyl groups is 2. The van der Waals surface area contributed by atoms with Crippen LogP contribution in [0.2, 0.25) is 0 Å². The Kier molecular flexibility index (Phi) is 6.03. The summed E-state index contributed by atoms with van der Waals surface area (Å²) in [5.41, 5.74) is 2.48. The van der Waals surface area contributed by atoms with Gasteiger partial charge in [-0.25, -0.2) is 22.9 Å². The molecule has 0 atom stereocenters. The Bertz CT molecular complexity index is 1540. The van der Waals surface area contributed by atoms with Crippen LogP contribution in [0, 0.1) is 13.8 Å². The second-order valence-electron chi connectivity index (χ2n) is 8.06. The number of phenols is 2. The molecule has 176 valence electrons. The lowest BCUT2D eigenvalue weighted by Crippen LogP contribution is -2.26. The van der Waals surface area contributed by atoms with Crippen LogP contribution in [-0.2, 0) is 16.6 Å². The molecule has 34 heavy (non-hydrogen) atoms. The highest BCUT2D eigenvalue weighted by Crippen LogP contribution is 2.37. The molecule has 0 bridgehead atoms. The van der Waals surface area contributed by atoms with Gasteiger partial charge in [0.1, 0.15) is 16.4 Å². The minimum Gasteiger partial charge on any atom is -0.507 e. The molecule has 0 saturated carbocycles. The summed E-state index contributed by atoms with van der Waals surface area (Å²) in [7, 11) is -2.76. The fraction of sp³-hybridized carbons (Fsp3) is 0.167.